The largest absolute Gasteiger partial charge is 0.497 e. The summed E-state index contributed by atoms with van der Waals surface area (Å²) in [5, 5.41) is 11.8. The molecule has 31 heavy (non-hydrogen) atoms. The Morgan fingerprint density at radius 2 is 2.03 bits per heavy atom. The highest BCUT2D eigenvalue weighted by atomic mass is 32.2. The quantitative estimate of drug-likeness (QED) is 0.409. The number of rotatable bonds is 8. The van der Waals surface area contributed by atoms with Crippen molar-refractivity contribution in [3.8, 4) is 17.1 Å². The summed E-state index contributed by atoms with van der Waals surface area (Å²) in [6, 6.07) is 16.9. The highest BCUT2D eigenvalue weighted by Crippen LogP contribution is 2.27. The number of hydrogen-bond acceptors (Lipinski definition) is 6. The van der Waals surface area contributed by atoms with Crippen molar-refractivity contribution < 1.29 is 18.3 Å². The second kappa shape index (κ2) is 9.48. The van der Waals surface area contributed by atoms with E-state index in [0.29, 0.717) is 29.0 Å². The molecule has 0 bridgehead atoms. The van der Waals surface area contributed by atoms with Gasteiger partial charge in [-0.2, -0.15) is 0 Å². The van der Waals surface area contributed by atoms with Gasteiger partial charge in [0.2, 0.25) is 5.91 Å². The second-order valence-corrected chi connectivity index (χ2v) is 7.49. The van der Waals surface area contributed by atoms with Gasteiger partial charge in [0.25, 0.3) is 0 Å². The molecular formula is C22H19FN4O3S. The zero-order chi connectivity index (χ0) is 21.6. The lowest BCUT2D eigenvalue weighted by Crippen LogP contribution is -2.15. The third-order valence-corrected chi connectivity index (χ3v) is 5.35. The first-order valence-corrected chi connectivity index (χ1v) is 10.4. The van der Waals surface area contributed by atoms with Gasteiger partial charge in [0.15, 0.2) is 11.0 Å². The molecule has 0 spiro atoms. The first kappa shape index (κ1) is 20.7. The molecule has 7 nitrogen and oxygen atoms in total. The van der Waals surface area contributed by atoms with Crippen LogP contribution in [0.2, 0.25) is 0 Å². The SMILES string of the molecule is COc1cccc(-c2nnc(SCC(=O)Nc3cccc(F)c3)n2Cc2ccco2)c1. The van der Waals surface area contributed by atoms with Crippen LogP contribution in [0.4, 0.5) is 10.1 Å². The van der Waals surface area contributed by atoms with Gasteiger partial charge in [-0.15, -0.1) is 10.2 Å². The van der Waals surface area contributed by atoms with Crippen molar-refractivity contribution in [2.75, 3.05) is 18.2 Å². The molecule has 0 aliphatic rings. The number of methoxy groups -OCH3 is 1. The highest BCUT2D eigenvalue weighted by Gasteiger charge is 2.17. The molecule has 0 aliphatic heterocycles. The zero-order valence-corrected chi connectivity index (χ0v) is 17.4. The number of hydrogen-bond donors (Lipinski definition) is 1. The number of nitrogens with zero attached hydrogens (tertiary/aromatic N) is 3. The average molecular weight is 438 g/mol. The van der Waals surface area contributed by atoms with Crippen molar-refractivity contribution in [1.82, 2.24) is 14.8 Å². The maximum atomic E-state index is 13.3. The fraction of sp³-hybridized carbons (Fsp3) is 0.136. The molecule has 0 fully saturated rings. The number of thioether (sulfide) groups is 1. The van der Waals surface area contributed by atoms with Gasteiger partial charge in [-0.25, -0.2) is 4.39 Å². The minimum absolute atomic E-state index is 0.0882. The van der Waals surface area contributed by atoms with Crippen LogP contribution in [-0.2, 0) is 11.3 Å². The summed E-state index contributed by atoms with van der Waals surface area (Å²) in [5.74, 6) is 1.47. The van der Waals surface area contributed by atoms with Gasteiger partial charge in [0.05, 0.1) is 25.7 Å². The van der Waals surface area contributed by atoms with Crippen molar-refractivity contribution in [3.63, 3.8) is 0 Å². The lowest BCUT2D eigenvalue weighted by atomic mass is 10.2. The third kappa shape index (κ3) is 5.13. The van der Waals surface area contributed by atoms with E-state index in [4.69, 9.17) is 9.15 Å². The summed E-state index contributed by atoms with van der Waals surface area (Å²) in [6.45, 7) is 0.403. The zero-order valence-electron chi connectivity index (χ0n) is 16.6. The molecule has 0 radical (unpaired) electrons. The molecule has 2 heterocycles. The maximum absolute atomic E-state index is 13.3. The van der Waals surface area contributed by atoms with Gasteiger partial charge < -0.3 is 14.5 Å². The number of aromatic nitrogens is 3. The molecule has 4 rings (SSSR count). The normalized spacial score (nSPS) is 10.8. The minimum atomic E-state index is -0.411. The van der Waals surface area contributed by atoms with Crippen LogP contribution in [-0.4, -0.2) is 33.5 Å². The van der Waals surface area contributed by atoms with E-state index in [2.05, 4.69) is 15.5 Å². The smallest absolute Gasteiger partial charge is 0.234 e. The van der Waals surface area contributed by atoms with E-state index in [9.17, 15) is 9.18 Å². The Kier molecular flexibility index (Phi) is 6.32. The van der Waals surface area contributed by atoms with E-state index < -0.39 is 5.82 Å². The van der Waals surface area contributed by atoms with Crippen LogP contribution in [0.15, 0.2) is 76.5 Å². The van der Waals surface area contributed by atoms with E-state index in [1.165, 1.54) is 23.9 Å². The first-order chi connectivity index (χ1) is 15.1. The molecule has 0 saturated carbocycles. The number of ether oxygens (including phenoxy) is 1. The lowest BCUT2D eigenvalue weighted by molar-refractivity contribution is -0.113. The summed E-state index contributed by atoms with van der Waals surface area (Å²) < 4.78 is 26.0. The Balaban J connectivity index is 1.55. The van der Waals surface area contributed by atoms with Gasteiger partial charge in [0.1, 0.15) is 17.3 Å². The van der Waals surface area contributed by atoms with E-state index in [0.717, 1.165) is 11.3 Å². The lowest BCUT2D eigenvalue weighted by Gasteiger charge is -2.10. The Morgan fingerprint density at radius 3 is 2.81 bits per heavy atom. The number of carbonyl (C=O) groups is 1. The minimum Gasteiger partial charge on any atom is -0.497 e. The molecule has 0 atom stereocenters. The first-order valence-electron chi connectivity index (χ1n) is 9.40. The van der Waals surface area contributed by atoms with Gasteiger partial charge >= 0.3 is 0 Å². The number of halogens is 1. The van der Waals surface area contributed by atoms with Crippen LogP contribution >= 0.6 is 11.8 Å². The fourth-order valence-corrected chi connectivity index (χ4v) is 3.70. The Labute approximate surface area is 182 Å². The number of benzene rings is 2. The summed E-state index contributed by atoms with van der Waals surface area (Å²) in [6.07, 6.45) is 1.60. The van der Waals surface area contributed by atoms with Crippen molar-refractivity contribution in [3.05, 3.63) is 78.5 Å². The van der Waals surface area contributed by atoms with E-state index >= 15 is 0 Å². The summed E-state index contributed by atoms with van der Waals surface area (Å²) in [7, 11) is 1.60. The number of carbonyl (C=O) groups excluding carboxylic acids is 1. The van der Waals surface area contributed by atoms with Crippen molar-refractivity contribution in [1.29, 1.82) is 0 Å². The molecular weight excluding hydrogens is 419 g/mol. The van der Waals surface area contributed by atoms with Crippen LogP contribution in [0.3, 0.4) is 0 Å². The number of anilines is 1. The molecule has 0 saturated heterocycles. The van der Waals surface area contributed by atoms with Gasteiger partial charge in [-0.05, 0) is 42.5 Å². The van der Waals surface area contributed by atoms with Crippen molar-refractivity contribution >= 4 is 23.4 Å². The summed E-state index contributed by atoms with van der Waals surface area (Å²) in [5.41, 5.74) is 1.23. The van der Waals surface area contributed by atoms with Crippen LogP contribution in [0.5, 0.6) is 5.75 Å². The van der Waals surface area contributed by atoms with Crippen LogP contribution in [0.1, 0.15) is 5.76 Å². The molecule has 2 aromatic heterocycles. The van der Waals surface area contributed by atoms with E-state index in [1.807, 2.05) is 41.0 Å². The molecule has 1 N–H and O–H groups in total. The van der Waals surface area contributed by atoms with Crippen LogP contribution in [0.25, 0.3) is 11.4 Å². The van der Waals surface area contributed by atoms with Crippen LogP contribution in [0, 0.1) is 5.82 Å². The predicted octanol–water partition coefficient (Wildman–Crippen LogP) is 4.46. The van der Waals surface area contributed by atoms with Gasteiger partial charge in [-0.3, -0.25) is 9.36 Å². The third-order valence-electron chi connectivity index (χ3n) is 4.38. The molecule has 4 aromatic rings. The standard InChI is InChI=1S/C22H19FN4O3S/c1-29-18-8-2-5-15(11-18)21-25-26-22(27(21)13-19-9-4-10-30-19)31-14-20(28)24-17-7-3-6-16(23)12-17/h2-12H,13-14H2,1H3,(H,24,28). The molecule has 0 aliphatic carbocycles. The number of amides is 1. The Hall–Kier alpha value is -3.59. The van der Waals surface area contributed by atoms with Gasteiger partial charge in [0, 0.05) is 11.3 Å². The molecule has 158 valence electrons. The molecule has 2 aromatic carbocycles. The van der Waals surface area contributed by atoms with E-state index in [1.54, 1.807) is 25.5 Å². The Bertz CT molecular complexity index is 1180. The molecule has 9 heteroatoms. The Morgan fingerprint density at radius 1 is 1.16 bits per heavy atom. The highest BCUT2D eigenvalue weighted by molar-refractivity contribution is 7.99. The van der Waals surface area contributed by atoms with Crippen LogP contribution < -0.4 is 10.1 Å². The fourth-order valence-electron chi connectivity index (χ4n) is 2.97. The second-order valence-electron chi connectivity index (χ2n) is 6.55. The maximum Gasteiger partial charge on any atom is 0.234 e. The van der Waals surface area contributed by atoms with Crippen molar-refractivity contribution in [2.24, 2.45) is 0 Å². The number of furan rings is 1. The summed E-state index contributed by atoms with van der Waals surface area (Å²) in [4.78, 5) is 12.3. The predicted molar refractivity (Wildman–Crippen MR) is 116 cm³/mol. The van der Waals surface area contributed by atoms with E-state index in [-0.39, 0.29) is 11.7 Å². The molecule has 1 amide bonds. The topological polar surface area (TPSA) is 82.2 Å². The summed E-state index contributed by atoms with van der Waals surface area (Å²) >= 11 is 1.24. The number of nitrogens with one attached hydrogen (secondary N) is 1. The van der Waals surface area contributed by atoms with Gasteiger partial charge in [-0.1, -0.05) is 30.0 Å². The molecule has 0 unspecified atom stereocenters. The van der Waals surface area contributed by atoms with Crippen molar-refractivity contribution in [2.45, 2.75) is 11.7 Å². The average Bonchev–Trinajstić information content (AvgIpc) is 3.43. The monoisotopic (exact) mass is 438 g/mol.